The first-order valence-electron chi connectivity index (χ1n) is 14.2. The summed E-state index contributed by atoms with van der Waals surface area (Å²) in [7, 11) is 0. The number of nitrogens with zero attached hydrogens (tertiary/aromatic N) is 1. The average Bonchev–Trinajstić information content (AvgIpc) is 3.45. The highest BCUT2D eigenvalue weighted by molar-refractivity contribution is 7.13. The molecular formula is C32H33NO12S. The lowest BCUT2D eigenvalue weighted by Gasteiger charge is -2.44. The summed E-state index contributed by atoms with van der Waals surface area (Å²) in [6.45, 7) is 3.87. The van der Waals surface area contributed by atoms with Crippen molar-refractivity contribution in [1.82, 2.24) is 4.98 Å². The predicted octanol–water partition coefficient (Wildman–Crippen LogP) is 3.45. The Labute approximate surface area is 268 Å². The highest BCUT2D eigenvalue weighted by Crippen LogP contribution is 2.31. The van der Waals surface area contributed by atoms with Crippen LogP contribution in [0.15, 0.2) is 53.9 Å². The molecule has 0 bridgehead atoms. The maximum Gasteiger partial charge on any atom is 0.303 e. The zero-order chi connectivity index (χ0) is 33.4. The molecule has 1 aliphatic heterocycles. The molecule has 0 saturated carbocycles. The van der Waals surface area contributed by atoms with Crippen molar-refractivity contribution in [3.05, 3.63) is 65.2 Å². The molecule has 0 radical (unpaired) electrons. The van der Waals surface area contributed by atoms with E-state index in [1.165, 1.54) is 36.5 Å². The number of esters is 4. The Balaban J connectivity index is 1.50. The normalized spacial score (nSPS) is 20.7. The minimum atomic E-state index is -1.34. The molecule has 1 N–H and O–H groups in total. The van der Waals surface area contributed by atoms with Gasteiger partial charge in [0.05, 0.1) is 17.7 Å². The second kappa shape index (κ2) is 15.5. The van der Waals surface area contributed by atoms with E-state index in [4.69, 9.17) is 28.4 Å². The van der Waals surface area contributed by atoms with Crippen LogP contribution in [-0.4, -0.2) is 83.5 Å². The fraction of sp³-hybridized carbons (Fsp3) is 0.375. The molecule has 0 aliphatic carbocycles. The van der Waals surface area contributed by atoms with Crippen molar-refractivity contribution in [1.29, 1.82) is 0 Å². The standard InChI is InChI=1S/C32H33NO12S/c1-17(34)40-14-27-29(42-18(2)35)31(44-20(4)37)30(43-19(3)36)28(45-27)15-41-23-10-11-24(26(39)13-23)25(38)12-22-16-46-32(33-22)21-8-6-5-7-9-21/h5-11,13,16,27-31,39H,12,14-15H2,1-4H3/t27-,28+,29+,30-,31-/m0/s1. The largest absolute Gasteiger partial charge is 0.507 e. The van der Waals surface area contributed by atoms with Gasteiger partial charge in [-0.05, 0) is 12.1 Å². The van der Waals surface area contributed by atoms with E-state index in [1.54, 1.807) is 5.38 Å². The third kappa shape index (κ3) is 9.11. The monoisotopic (exact) mass is 655 g/mol. The summed E-state index contributed by atoms with van der Waals surface area (Å²) >= 11 is 1.42. The number of Topliss-reactive ketones (excluding diaryl/α,β-unsaturated/α-hetero) is 1. The Morgan fingerprint density at radius 3 is 2.00 bits per heavy atom. The fourth-order valence-electron chi connectivity index (χ4n) is 4.83. The van der Waals surface area contributed by atoms with E-state index in [1.807, 2.05) is 30.3 Å². The Kier molecular flexibility index (Phi) is 11.4. The molecule has 0 unspecified atom stereocenters. The van der Waals surface area contributed by atoms with E-state index in [9.17, 15) is 29.1 Å². The number of ketones is 1. The van der Waals surface area contributed by atoms with Crippen LogP contribution in [0.2, 0.25) is 0 Å². The zero-order valence-corrected chi connectivity index (χ0v) is 26.3. The minimum absolute atomic E-state index is 0.0260. The van der Waals surface area contributed by atoms with Gasteiger partial charge >= 0.3 is 23.9 Å². The SMILES string of the molecule is CC(=O)OC[C@@H]1O[C@H](COc2ccc(C(=O)Cc3csc(-c4ccccc4)n3)c(O)c2)[C@H](OC(C)=O)[C@@H](OC(C)=O)[C@@H]1OC(C)=O. The number of carbonyl (C=O) groups excluding carboxylic acids is 5. The lowest BCUT2D eigenvalue weighted by molar-refractivity contribution is -0.255. The van der Waals surface area contributed by atoms with Gasteiger partial charge in [0.15, 0.2) is 24.1 Å². The van der Waals surface area contributed by atoms with Gasteiger partial charge in [-0.2, -0.15) is 0 Å². The third-order valence-electron chi connectivity index (χ3n) is 6.69. The van der Waals surface area contributed by atoms with Crippen LogP contribution in [0.5, 0.6) is 11.5 Å². The van der Waals surface area contributed by atoms with Crippen LogP contribution in [-0.2, 0) is 49.3 Å². The molecule has 244 valence electrons. The number of carbonyl (C=O) groups is 5. The van der Waals surface area contributed by atoms with Gasteiger partial charge in [0.2, 0.25) is 0 Å². The molecule has 3 aromatic rings. The molecule has 1 aliphatic rings. The molecule has 1 fully saturated rings. The van der Waals surface area contributed by atoms with Crippen LogP contribution < -0.4 is 4.74 Å². The first-order valence-corrected chi connectivity index (χ1v) is 15.1. The second-order valence-electron chi connectivity index (χ2n) is 10.3. The van der Waals surface area contributed by atoms with Crippen molar-refractivity contribution >= 4 is 41.0 Å². The fourth-order valence-corrected chi connectivity index (χ4v) is 5.65. The summed E-state index contributed by atoms with van der Waals surface area (Å²) in [5, 5.41) is 13.3. The van der Waals surface area contributed by atoms with Crippen LogP contribution >= 0.6 is 11.3 Å². The first-order chi connectivity index (χ1) is 21.9. The molecule has 0 spiro atoms. The number of rotatable bonds is 12. The molecule has 13 nitrogen and oxygen atoms in total. The Morgan fingerprint density at radius 1 is 0.804 bits per heavy atom. The molecule has 4 rings (SSSR count). The topological polar surface area (TPSA) is 174 Å². The van der Waals surface area contributed by atoms with Crippen LogP contribution in [0.25, 0.3) is 10.6 Å². The van der Waals surface area contributed by atoms with Gasteiger partial charge in [-0.1, -0.05) is 30.3 Å². The van der Waals surface area contributed by atoms with Gasteiger partial charge in [0.25, 0.3) is 0 Å². The summed E-state index contributed by atoms with van der Waals surface area (Å²) in [4.78, 5) is 65.0. The molecule has 46 heavy (non-hydrogen) atoms. The Bertz CT molecular complexity index is 1570. The van der Waals surface area contributed by atoms with Gasteiger partial charge in [0.1, 0.15) is 41.9 Å². The maximum atomic E-state index is 13.0. The summed E-state index contributed by atoms with van der Waals surface area (Å²) in [6.07, 6.45) is -6.20. The number of benzene rings is 2. The van der Waals surface area contributed by atoms with E-state index in [0.29, 0.717) is 5.69 Å². The first kappa shape index (κ1) is 34.1. The lowest BCUT2D eigenvalue weighted by atomic mass is 9.94. The van der Waals surface area contributed by atoms with Crippen LogP contribution in [0, 0.1) is 0 Å². The van der Waals surface area contributed by atoms with Crippen molar-refractivity contribution < 1.29 is 57.5 Å². The zero-order valence-electron chi connectivity index (χ0n) is 25.5. The number of aromatic hydroxyl groups is 1. The predicted molar refractivity (Wildman–Crippen MR) is 161 cm³/mol. The number of hydrogen-bond acceptors (Lipinski definition) is 14. The lowest BCUT2D eigenvalue weighted by Crippen LogP contribution is -2.63. The molecule has 1 aromatic heterocycles. The smallest absolute Gasteiger partial charge is 0.303 e. The maximum absolute atomic E-state index is 13.0. The van der Waals surface area contributed by atoms with Crippen molar-refractivity contribution in [2.45, 2.75) is 64.6 Å². The number of aromatic nitrogens is 1. The molecule has 2 heterocycles. The van der Waals surface area contributed by atoms with E-state index < -0.39 is 54.4 Å². The highest BCUT2D eigenvalue weighted by atomic mass is 32.1. The number of phenolic OH excluding ortho intramolecular Hbond substituents is 1. The quantitative estimate of drug-likeness (QED) is 0.171. The van der Waals surface area contributed by atoms with Crippen LogP contribution in [0.4, 0.5) is 0 Å². The summed E-state index contributed by atoms with van der Waals surface area (Å²) < 4.78 is 33.1. The van der Waals surface area contributed by atoms with E-state index >= 15 is 0 Å². The van der Waals surface area contributed by atoms with Crippen molar-refractivity contribution in [3.63, 3.8) is 0 Å². The minimum Gasteiger partial charge on any atom is -0.507 e. The van der Waals surface area contributed by atoms with Gasteiger partial charge in [0, 0.05) is 44.7 Å². The van der Waals surface area contributed by atoms with E-state index in [2.05, 4.69) is 4.98 Å². The van der Waals surface area contributed by atoms with E-state index in [0.717, 1.165) is 31.3 Å². The molecule has 5 atom stereocenters. The average molecular weight is 656 g/mol. The van der Waals surface area contributed by atoms with Gasteiger partial charge < -0.3 is 33.5 Å². The number of thiazole rings is 1. The number of ether oxygens (including phenoxy) is 6. The summed E-state index contributed by atoms with van der Waals surface area (Å²) in [5.74, 6) is -3.43. The van der Waals surface area contributed by atoms with Crippen molar-refractivity contribution in [2.24, 2.45) is 0 Å². The van der Waals surface area contributed by atoms with Crippen LogP contribution in [0.1, 0.15) is 43.7 Å². The highest BCUT2D eigenvalue weighted by Gasteiger charge is 2.52. The van der Waals surface area contributed by atoms with Crippen LogP contribution in [0.3, 0.4) is 0 Å². The molecule has 0 amide bonds. The molecule has 1 saturated heterocycles. The number of hydrogen-bond donors (Lipinski definition) is 1. The summed E-state index contributed by atoms with van der Waals surface area (Å²) in [6, 6.07) is 13.7. The molecule has 2 aromatic carbocycles. The van der Waals surface area contributed by atoms with Gasteiger partial charge in [-0.3, -0.25) is 24.0 Å². The van der Waals surface area contributed by atoms with E-state index in [-0.39, 0.29) is 42.5 Å². The van der Waals surface area contributed by atoms with Crippen molar-refractivity contribution in [3.8, 4) is 22.1 Å². The summed E-state index contributed by atoms with van der Waals surface area (Å²) in [5.41, 5.74) is 1.57. The van der Waals surface area contributed by atoms with Crippen molar-refractivity contribution in [2.75, 3.05) is 13.2 Å². The Hall–Kier alpha value is -4.82. The second-order valence-corrected chi connectivity index (χ2v) is 11.2. The Morgan fingerprint density at radius 2 is 1.41 bits per heavy atom. The van der Waals surface area contributed by atoms with Gasteiger partial charge in [-0.15, -0.1) is 11.3 Å². The number of phenols is 1. The molecular weight excluding hydrogens is 622 g/mol. The van der Waals surface area contributed by atoms with Gasteiger partial charge in [-0.25, -0.2) is 4.98 Å². The molecule has 14 heteroatoms. The third-order valence-corrected chi connectivity index (χ3v) is 7.63.